The first-order valence-electron chi connectivity index (χ1n) is 4.99. The van der Waals surface area contributed by atoms with Gasteiger partial charge in [0, 0.05) is 16.0 Å². The van der Waals surface area contributed by atoms with E-state index in [1.165, 1.54) is 11.1 Å². The Hall–Kier alpha value is -0.630. The van der Waals surface area contributed by atoms with Crippen molar-refractivity contribution in [1.29, 1.82) is 0 Å². The van der Waals surface area contributed by atoms with Gasteiger partial charge in [0.15, 0.2) is 5.78 Å². The molecule has 0 amide bonds. The van der Waals surface area contributed by atoms with Crippen molar-refractivity contribution in [2.45, 2.75) is 26.7 Å². The summed E-state index contributed by atoms with van der Waals surface area (Å²) in [6, 6.07) is 4.18. The van der Waals surface area contributed by atoms with Crippen LogP contribution in [0.25, 0.3) is 0 Å². The molecule has 1 aliphatic rings. The number of rotatable bonds is 1. The molecule has 2 heteroatoms. The zero-order chi connectivity index (χ0) is 10.3. The van der Waals surface area contributed by atoms with Crippen LogP contribution in [0.1, 0.15) is 35.3 Å². The number of hydrogen-bond acceptors (Lipinski definition) is 1. The Bertz CT molecular complexity index is 396. The van der Waals surface area contributed by atoms with Gasteiger partial charge in [-0.15, -0.1) is 0 Å². The van der Waals surface area contributed by atoms with Crippen LogP contribution < -0.4 is 0 Å². The molecular formula is C12H13BrO. The summed E-state index contributed by atoms with van der Waals surface area (Å²) in [4.78, 5) is 11.8. The van der Waals surface area contributed by atoms with E-state index >= 15 is 0 Å². The Morgan fingerprint density at radius 3 is 2.86 bits per heavy atom. The van der Waals surface area contributed by atoms with Gasteiger partial charge < -0.3 is 0 Å². The summed E-state index contributed by atoms with van der Waals surface area (Å²) in [7, 11) is 0. The fourth-order valence-electron chi connectivity index (χ4n) is 1.99. The molecule has 0 N–H and O–H groups in total. The molecule has 1 aliphatic carbocycles. The van der Waals surface area contributed by atoms with Crippen LogP contribution in [0.5, 0.6) is 0 Å². The van der Waals surface area contributed by atoms with Gasteiger partial charge in [0.2, 0.25) is 0 Å². The van der Waals surface area contributed by atoms with E-state index in [2.05, 4.69) is 28.9 Å². The van der Waals surface area contributed by atoms with Gasteiger partial charge in [-0.2, -0.15) is 0 Å². The molecule has 1 atom stereocenters. The van der Waals surface area contributed by atoms with Gasteiger partial charge in [0.1, 0.15) is 0 Å². The van der Waals surface area contributed by atoms with Crippen LogP contribution in [0.3, 0.4) is 0 Å². The van der Waals surface area contributed by atoms with E-state index < -0.39 is 0 Å². The van der Waals surface area contributed by atoms with E-state index in [9.17, 15) is 4.79 Å². The van der Waals surface area contributed by atoms with Crippen molar-refractivity contribution in [3.05, 3.63) is 33.3 Å². The normalized spacial score (nSPS) is 19.9. The highest BCUT2D eigenvalue weighted by Crippen LogP contribution is 2.33. The lowest BCUT2D eigenvalue weighted by atomic mass is 10.0. The molecule has 1 aromatic carbocycles. The molecule has 0 aromatic heterocycles. The zero-order valence-corrected chi connectivity index (χ0v) is 10.0. The third-order valence-corrected chi connectivity index (χ3v) is 3.59. The van der Waals surface area contributed by atoms with E-state index in [0.29, 0.717) is 5.78 Å². The summed E-state index contributed by atoms with van der Waals surface area (Å²) in [5.41, 5.74) is 3.36. The number of Topliss-reactive ketones (excluding diaryl/α,β-unsaturated/α-hetero) is 1. The van der Waals surface area contributed by atoms with Crippen molar-refractivity contribution in [1.82, 2.24) is 0 Å². The van der Waals surface area contributed by atoms with Crippen LogP contribution in [-0.4, -0.2) is 5.78 Å². The second-order valence-electron chi connectivity index (χ2n) is 3.93. The van der Waals surface area contributed by atoms with Crippen molar-refractivity contribution in [2.24, 2.45) is 5.92 Å². The molecule has 14 heavy (non-hydrogen) atoms. The van der Waals surface area contributed by atoms with Crippen LogP contribution >= 0.6 is 15.9 Å². The molecule has 0 radical (unpaired) electrons. The smallest absolute Gasteiger partial charge is 0.166 e. The summed E-state index contributed by atoms with van der Waals surface area (Å²) < 4.78 is 1.10. The Balaban J connectivity index is 2.58. The molecule has 0 aliphatic heterocycles. The first-order chi connectivity index (χ1) is 6.63. The third kappa shape index (κ3) is 1.42. The van der Waals surface area contributed by atoms with Gasteiger partial charge in [0.25, 0.3) is 0 Å². The molecule has 1 nitrogen and oxygen atoms in total. The number of ketones is 1. The fourth-order valence-corrected chi connectivity index (χ4v) is 2.66. The van der Waals surface area contributed by atoms with Crippen molar-refractivity contribution < 1.29 is 4.79 Å². The standard InChI is InChI=1S/C12H13BrO/c1-3-8-5-10-9(11(13)6-8)4-7(2)12(10)14/h5-7H,3-4H2,1-2H3/t7-/m0/s1. The second-order valence-corrected chi connectivity index (χ2v) is 4.78. The van der Waals surface area contributed by atoms with Gasteiger partial charge in [-0.25, -0.2) is 0 Å². The van der Waals surface area contributed by atoms with Gasteiger partial charge in [-0.05, 0) is 36.1 Å². The molecule has 0 fully saturated rings. The molecule has 0 saturated heterocycles. The first kappa shape index (κ1) is 9.91. The van der Waals surface area contributed by atoms with Crippen LogP contribution in [0, 0.1) is 5.92 Å². The van der Waals surface area contributed by atoms with E-state index in [4.69, 9.17) is 0 Å². The predicted molar refractivity (Wildman–Crippen MR) is 60.7 cm³/mol. The number of hydrogen-bond donors (Lipinski definition) is 0. The van der Waals surface area contributed by atoms with Crippen molar-refractivity contribution in [3.8, 4) is 0 Å². The summed E-state index contributed by atoms with van der Waals surface area (Å²) in [6.45, 7) is 4.11. The highest BCUT2D eigenvalue weighted by Gasteiger charge is 2.28. The second kappa shape index (κ2) is 3.50. The van der Waals surface area contributed by atoms with E-state index in [1.807, 2.05) is 13.0 Å². The maximum Gasteiger partial charge on any atom is 0.166 e. The molecule has 0 unspecified atom stereocenters. The van der Waals surface area contributed by atoms with Gasteiger partial charge in [-0.3, -0.25) is 4.79 Å². The lowest BCUT2D eigenvalue weighted by molar-refractivity contribution is 0.0946. The largest absolute Gasteiger partial charge is 0.294 e. The number of carbonyl (C=O) groups excluding carboxylic acids is 1. The monoisotopic (exact) mass is 252 g/mol. The average Bonchev–Trinajstić information content (AvgIpc) is 2.45. The first-order valence-corrected chi connectivity index (χ1v) is 5.78. The Kier molecular flexibility index (Phi) is 2.48. The van der Waals surface area contributed by atoms with Gasteiger partial charge in [0.05, 0.1) is 0 Å². The Labute approximate surface area is 92.6 Å². The Morgan fingerprint density at radius 1 is 1.50 bits per heavy atom. The highest BCUT2D eigenvalue weighted by molar-refractivity contribution is 9.10. The SMILES string of the molecule is CCc1cc(Br)c2c(c1)C(=O)[C@@H](C)C2. The third-order valence-electron chi connectivity index (χ3n) is 2.89. The van der Waals surface area contributed by atoms with E-state index in [0.717, 1.165) is 22.9 Å². The number of benzene rings is 1. The topological polar surface area (TPSA) is 17.1 Å². The lowest BCUT2D eigenvalue weighted by Gasteiger charge is -2.04. The number of halogens is 1. The summed E-state index contributed by atoms with van der Waals surface area (Å²) in [5.74, 6) is 0.462. The maximum atomic E-state index is 11.8. The highest BCUT2D eigenvalue weighted by atomic mass is 79.9. The predicted octanol–water partition coefficient (Wildman–Crippen LogP) is 3.39. The zero-order valence-electron chi connectivity index (χ0n) is 8.43. The van der Waals surface area contributed by atoms with Crippen LogP contribution in [-0.2, 0) is 12.8 Å². The van der Waals surface area contributed by atoms with Crippen molar-refractivity contribution in [2.75, 3.05) is 0 Å². The molecule has 0 spiro atoms. The molecule has 0 heterocycles. The summed E-state index contributed by atoms with van der Waals surface area (Å²) in [6.07, 6.45) is 1.87. The van der Waals surface area contributed by atoms with Crippen molar-refractivity contribution in [3.63, 3.8) is 0 Å². The minimum Gasteiger partial charge on any atom is -0.294 e. The van der Waals surface area contributed by atoms with Crippen LogP contribution in [0.15, 0.2) is 16.6 Å². The fraction of sp³-hybridized carbons (Fsp3) is 0.417. The lowest BCUT2D eigenvalue weighted by Crippen LogP contribution is -2.03. The van der Waals surface area contributed by atoms with Crippen LogP contribution in [0.2, 0.25) is 0 Å². The van der Waals surface area contributed by atoms with Crippen molar-refractivity contribution >= 4 is 21.7 Å². The van der Waals surface area contributed by atoms with E-state index in [-0.39, 0.29) is 5.92 Å². The summed E-state index contributed by atoms with van der Waals surface area (Å²) >= 11 is 3.54. The minimum absolute atomic E-state index is 0.161. The quantitative estimate of drug-likeness (QED) is 0.749. The molecule has 0 bridgehead atoms. The molecule has 0 saturated carbocycles. The maximum absolute atomic E-state index is 11.8. The van der Waals surface area contributed by atoms with Gasteiger partial charge >= 0.3 is 0 Å². The summed E-state index contributed by atoms with van der Waals surface area (Å²) in [5, 5.41) is 0. The minimum atomic E-state index is 0.161. The number of fused-ring (bicyclic) bond motifs is 1. The van der Waals surface area contributed by atoms with Crippen LogP contribution in [0.4, 0.5) is 0 Å². The average molecular weight is 253 g/mol. The number of aryl methyl sites for hydroxylation is 1. The van der Waals surface area contributed by atoms with E-state index in [1.54, 1.807) is 0 Å². The Morgan fingerprint density at radius 2 is 2.21 bits per heavy atom. The molecule has 2 rings (SSSR count). The molecule has 1 aromatic rings. The molecule has 74 valence electrons. The van der Waals surface area contributed by atoms with Gasteiger partial charge in [-0.1, -0.05) is 29.8 Å². The molecular weight excluding hydrogens is 240 g/mol. The number of carbonyl (C=O) groups is 1.